The van der Waals surface area contributed by atoms with E-state index in [1.54, 1.807) is 4.90 Å². The standard InChI is InChI=1S/C15H19NO2/c1-10-6-7-14(12(3)11(10)2)15(18)16-8-4-5-13(17)9-16/h6-7H,4-5,8-9H2,1-3H3. The number of aryl methyl sites for hydroxylation is 1. The molecular weight excluding hydrogens is 226 g/mol. The van der Waals surface area contributed by atoms with Gasteiger partial charge in [-0.2, -0.15) is 0 Å². The van der Waals surface area contributed by atoms with Gasteiger partial charge in [-0.15, -0.1) is 0 Å². The zero-order valence-corrected chi connectivity index (χ0v) is 11.2. The van der Waals surface area contributed by atoms with Crippen molar-refractivity contribution in [3.05, 3.63) is 34.4 Å². The summed E-state index contributed by atoms with van der Waals surface area (Å²) in [5, 5.41) is 0. The summed E-state index contributed by atoms with van der Waals surface area (Å²) >= 11 is 0. The van der Waals surface area contributed by atoms with Gasteiger partial charge in [0.15, 0.2) is 5.78 Å². The summed E-state index contributed by atoms with van der Waals surface area (Å²) in [6, 6.07) is 3.85. The highest BCUT2D eigenvalue weighted by molar-refractivity contribution is 5.98. The van der Waals surface area contributed by atoms with Crippen LogP contribution in [0.15, 0.2) is 12.1 Å². The monoisotopic (exact) mass is 245 g/mol. The minimum atomic E-state index is -0.0105. The van der Waals surface area contributed by atoms with Crippen molar-refractivity contribution in [3.8, 4) is 0 Å². The molecule has 3 nitrogen and oxygen atoms in total. The lowest BCUT2D eigenvalue weighted by molar-refractivity contribution is -0.121. The predicted octanol–water partition coefficient (Wildman–Crippen LogP) is 2.42. The number of hydrogen-bond acceptors (Lipinski definition) is 2. The van der Waals surface area contributed by atoms with E-state index >= 15 is 0 Å². The molecule has 0 spiro atoms. The van der Waals surface area contributed by atoms with Crippen molar-refractivity contribution in [2.75, 3.05) is 13.1 Å². The highest BCUT2D eigenvalue weighted by Gasteiger charge is 2.23. The lowest BCUT2D eigenvalue weighted by atomic mass is 9.97. The molecule has 1 fully saturated rings. The molecule has 0 unspecified atom stereocenters. The normalized spacial score (nSPS) is 15.9. The zero-order valence-electron chi connectivity index (χ0n) is 11.2. The predicted molar refractivity (Wildman–Crippen MR) is 70.8 cm³/mol. The Hall–Kier alpha value is -1.64. The van der Waals surface area contributed by atoms with E-state index in [0.717, 1.165) is 23.1 Å². The zero-order chi connectivity index (χ0) is 13.3. The number of piperidine rings is 1. The fourth-order valence-electron chi connectivity index (χ4n) is 2.37. The molecule has 0 bridgehead atoms. The molecule has 1 aromatic carbocycles. The Kier molecular flexibility index (Phi) is 3.50. The molecule has 2 rings (SSSR count). The second-order valence-electron chi connectivity index (χ2n) is 5.05. The van der Waals surface area contributed by atoms with Crippen molar-refractivity contribution in [3.63, 3.8) is 0 Å². The van der Waals surface area contributed by atoms with Gasteiger partial charge in [-0.1, -0.05) is 6.07 Å². The largest absolute Gasteiger partial charge is 0.331 e. The fourth-order valence-corrected chi connectivity index (χ4v) is 2.37. The van der Waals surface area contributed by atoms with E-state index in [1.807, 2.05) is 32.9 Å². The lowest BCUT2D eigenvalue weighted by Gasteiger charge is -2.26. The van der Waals surface area contributed by atoms with Gasteiger partial charge < -0.3 is 4.90 Å². The topological polar surface area (TPSA) is 37.4 Å². The Balaban J connectivity index is 2.29. The summed E-state index contributed by atoms with van der Waals surface area (Å²) in [6.45, 7) is 7.01. The molecule has 3 heteroatoms. The summed E-state index contributed by atoms with van der Waals surface area (Å²) in [5.74, 6) is 0.153. The van der Waals surface area contributed by atoms with Gasteiger partial charge in [0.05, 0.1) is 6.54 Å². The molecule has 0 aromatic heterocycles. The van der Waals surface area contributed by atoms with E-state index in [4.69, 9.17) is 0 Å². The Bertz CT molecular complexity index is 505. The number of ketones is 1. The molecule has 1 amide bonds. The van der Waals surface area contributed by atoms with Crippen LogP contribution in [0, 0.1) is 20.8 Å². The van der Waals surface area contributed by atoms with Gasteiger partial charge in [0.2, 0.25) is 0 Å². The van der Waals surface area contributed by atoms with Crippen LogP contribution in [0.2, 0.25) is 0 Å². The van der Waals surface area contributed by atoms with Crippen molar-refractivity contribution in [1.82, 2.24) is 4.90 Å². The van der Waals surface area contributed by atoms with E-state index in [9.17, 15) is 9.59 Å². The molecule has 1 heterocycles. The highest BCUT2D eigenvalue weighted by atomic mass is 16.2. The Labute approximate surface area is 108 Å². The molecule has 0 N–H and O–H groups in total. The SMILES string of the molecule is Cc1ccc(C(=O)N2CCCC(=O)C2)c(C)c1C. The number of rotatable bonds is 1. The van der Waals surface area contributed by atoms with Crippen molar-refractivity contribution in [2.24, 2.45) is 0 Å². The van der Waals surface area contributed by atoms with Crippen molar-refractivity contribution >= 4 is 11.7 Å². The smallest absolute Gasteiger partial charge is 0.254 e. The van der Waals surface area contributed by atoms with E-state index in [1.165, 1.54) is 5.56 Å². The van der Waals surface area contributed by atoms with Gasteiger partial charge in [-0.05, 0) is 49.9 Å². The van der Waals surface area contributed by atoms with Crippen LogP contribution in [0.5, 0.6) is 0 Å². The van der Waals surface area contributed by atoms with Crippen LogP contribution in [-0.2, 0) is 4.79 Å². The fraction of sp³-hybridized carbons (Fsp3) is 0.467. The highest BCUT2D eigenvalue weighted by Crippen LogP contribution is 2.20. The van der Waals surface area contributed by atoms with Crippen LogP contribution in [0.25, 0.3) is 0 Å². The minimum Gasteiger partial charge on any atom is -0.331 e. The number of likely N-dealkylation sites (tertiary alicyclic amines) is 1. The summed E-state index contributed by atoms with van der Waals surface area (Å²) in [5.41, 5.74) is 4.11. The van der Waals surface area contributed by atoms with Crippen molar-refractivity contribution in [2.45, 2.75) is 33.6 Å². The van der Waals surface area contributed by atoms with Crippen molar-refractivity contribution < 1.29 is 9.59 Å². The summed E-state index contributed by atoms with van der Waals surface area (Å²) in [7, 11) is 0. The lowest BCUT2D eigenvalue weighted by Crippen LogP contribution is -2.40. The first-order chi connectivity index (χ1) is 8.50. The van der Waals surface area contributed by atoms with Crippen LogP contribution < -0.4 is 0 Å². The molecule has 0 atom stereocenters. The Morgan fingerprint density at radius 3 is 2.56 bits per heavy atom. The van der Waals surface area contributed by atoms with Crippen LogP contribution in [0.1, 0.15) is 39.9 Å². The van der Waals surface area contributed by atoms with Gasteiger partial charge in [0, 0.05) is 18.5 Å². The number of nitrogens with zero attached hydrogens (tertiary/aromatic N) is 1. The van der Waals surface area contributed by atoms with Crippen molar-refractivity contribution in [1.29, 1.82) is 0 Å². The first kappa shape index (κ1) is 12.8. The first-order valence-electron chi connectivity index (χ1n) is 6.38. The Morgan fingerprint density at radius 1 is 1.17 bits per heavy atom. The number of hydrogen-bond donors (Lipinski definition) is 0. The number of amides is 1. The molecular formula is C15H19NO2. The number of Topliss-reactive ketones (excluding diaryl/α,β-unsaturated/α-hetero) is 1. The van der Waals surface area contributed by atoms with Gasteiger partial charge >= 0.3 is 0 Å². The minimum absolute atomic E-state index is 0.0105. The van der Waals surface area contributed by atoms with Gasteiger partial charge in [0.25, 0.3) is 5.91 Å². The Morgan fingerprint density at radius 2 is 1.89 bits per heavy atom. The van der Waals surface area contributed by atoms with Crippen LogP contribution in [0.4, 0.5) is 0 Å². The molecule has 96 valence electrons. The molecule has 1 aliphatic rings. The third-order valence-electron chi connectivity index (χ3n) is 3.83. The molecule has 18 heavy (non-hydrogen) atoms. The second kappa shape index (κ2) is 4.92. The third-order valence-corrected chi connectivity index (χ3v) is 3.83. The first-order valence-corrected chi connectivity index (χ1v) is 6.38. The average Bonchev–Trinajstić information content (AvgIpc) is 2.35. The van der Waals surface area contributed by atoms with Crippen LogP contribution in [0.3, 0.4) is 0 Å². The van der Waals surface area contributed by atoms with Crippen LogP contribution >= 0.6 is 0 Å². The maximum atomic E-state index is 12.4. The van der Waals surface area contributed by atoms with Gasteiger partial charge in [0.1, 0.15) is 0 Å². The van der Waals surface area contributed by atoms with E-state index < -0.39 is 0 Å². The second-order valence-corrected chi connectivity index (χ2v) is 5.05. The molecule has 0 aliphatic carbocycles. The number of carbonyl (C=O) groups is 2. The third kappa shape index (κ3) is 2.30. The summed E-state index contributed by atoms with van der Waals surface area (Å²) in [6.07, 6.45) is 1.39. The number of carbonyl (C=O) groups excluding carboxylic acids is 2. The van der Waals surface area contributed by atoms with E-state index in [0.29, 0.717) is 13.0 Å². The number of benzene rings is 1. The molecule has 1 aromatic rings. The maximum Gasteiger partial charge on any atom is 0.254 e. The molecule has 1 saturated heterocycles. The quantitative estimate of drug-likeness (QED) is 0.762. The van der Waals surface area contributed by atoms with Gasteiger partial charge in [-0.25, -0.2) is 0 Å². The summed E-state index contributed by atoms with van der Waals surface area (Å²) < 4.78 is 0. The summed E-state index contributed by atoms with van der Waals surface area (Å²) in [4.78, 5) is 25.5. The van der Waals surface area contributed by atoms with Crippen LogP contribution in [-0.4, -0.2) is 29.7 Å². The van der Waals surface area contributed by atoms with Gasteiger partial charge in [-0.3, -0.25) is 9.59 Å². The van der Waals surface area contributed by atoms with E-state index in [-0.39, 0.29) is 18.2 Å². The molecule has 1 aliphatic heterocycles. The molecule has 0 radical (unpaired) electrons. The average molecular weight is 245 g/mol. The maximum absolute atomic E-state index is 12.4. The van der Waals surface area contributed by atoms with E-state index in [2.05, 4.69) is 0 Å². The molecule has 0 saturated carbocycles.